The van der Waals surface area contributed by atoms with E-state index in [0.717, 1.165) is 117 Å². The van der Waals surface area contributed by atoms with Gasteiger partial charge in [0, 0.05) is 104 Å². The SMILES string of the molecule is CC(C)(O)Cn1cc(-c2nc([C@@](C)(c3ccc(-c4cnc(N)nc4)cc3)C3CC3)no2)cn1.CC(C)[C@](C)(c1ccc(-c2cnc(N)nc2)cc1)c1noc(-c2cnn(CC(C)(C)O)c2)n1.CC(c1ccc(-c2cnc(N)nc2)cc1)(c1noc(-c2ccn[nH]2)n1)C1CC1.Cn1ccc(-c2nc(C(C)(c3ccc(-c4cnc(N)nc4)cc3)C3CC3)no2)n1. The summed E-state index contributed by atoms with van der Waals surface area (Å²) < 4.78 is 27.4. The molecule has 0 saturated heterocycles. The summed E-state index contributed by atoms with van der Waals surface area (Å²) in [5.41, 5.74) is 34.3. The molecule has 4 atom stereocenters. The molecule has 34 nitrogen and oxygen atoms in total. The highest BCUT2D eigenvalue weighted by molar-refractivity contribution is 5.67. The molecule has 3 aliphatic rings. The minimum Gasteiger partial charge on any atom is -0.389 e. The second-order valence-electron chi connectivity index (χ2n) is 33.9. The third-order valence-electron chi connectivity index (χ3n) is 23.4. The van der Waals surface area contributed by atoms with Crippen LogP contribution in [0.3, 0.4) is 0 Å². The molecular formula is C89H96N28O6. The molecule has 16 aromatic rings. The molecule has 3 fully saturated rings. The predicted octanol–water partition coefficient (Wildman–Crippen LogP) is 13.6. The van der Waals surface area contributed by atoms with E-state index >= 15 is 0 Å². The van der Waals surface area contributed by atoms with Gasteiger partial charge in [0.2, 0.25) is 23.8 Å². The van der Waals surface area contributed by atoms with Gasteiger partial charge in [0.1, 0.15) is 5.69 Å². The quantitative estimate of drug-likeness (QED) is 0.0295. The lowest BCUT2D eigenvalue weighted by Gasteiger charge is -2.31. The van der Waals surface area contributed by atoms with Crippen LogP contribution in [0.15, 0.2) is 214 Å². The van der Waals surface area contributed by atoms with Gasteiger partial charge in [-0.1, -0.05) is 132 Å². The summed E-state index contributed by atoms with van der Waals surface area (Å²) in [6, 6.07) is 37.0. The van der Waals surface area contributed by atoms with Gasteiger partial charge in [0.25, 0.3) is 23.6 Å². The number of hydrogen-bond donors (Lipinski definition) is 7. The van der Waals surface area contributed by atoms with E-state index < -0.39 is 16.6 Å². The maximum Gasteiger partial charge on any atom is 0.278 e. The number of benzene rings is 4. The molecule has 0 aliphatic heterocycles. The number of nitrogens with one attached hydrogen (secondary N) is 1. The second-order valence-corrected chi connectivity index (χ2v) is 33.9. The van der Waals surface area contributed by atoms with Crippen LogP contribution in [0.5, 0.6) is 0 Å². The molecule has 0 spiro atoms. The van der Waals surface area contributed by atoms with Crippen molar-refractivity contribution in [2.45, 2.75) is 154 Å². The van der Waals surface area contributed by atoms with E-state index in [1.54, 1.807) is 116 Å². The van der Waals surface area contributed by atoms with E-state index in [9.17, 15) is 10.2 Å². The molecule has 0 bridgehead atoms. The summed E-state index contributed by atoms with van der Waals surface area (Å²) >= 11 is 0. The Morgan fingerprint density at radius 2 is 0.707 bits per heavy atom. The molecule has 19 rings (SSSR count). The molecule has 34 heteroatoms. The van der Waals surface area contributed by atoms with Gasteiger partial charge in [-0.3, -0.25) is 19.1 Å². The van der Waals surface area contributed by atoms with E-state index in [1.807, 2.05) is 43.7 Å². The van der Waals surface area contributed by atoms with Crippen LogP contribution in [0.1, 0.15) is 153 Å². The summed E-state index contributed by atoms with van der Waals surface area (Å²) in [7, 11) is 1.86. The number of aliphatic hydroxyl groups is 2. The monoisotopic (exact) mass is 1650 g/mol. The van der Waals surface area contributed by atoms with E-state index in [0.29, 0.717) is 89.0 Å². The maximum absolute atomic E-state index is 10.0. The lowest BCUT2D eigenvalue weighted by atomic mass is 9.72. The first-order chi connectivity index (χ1) is 59.0. The fourth-order valence-electron chi connectivity index (χ4n) is 15.3. The van der Waals surface area contributed by atoms with Crippen LogP contribution in [-0.2, 0) is 41.8 Å². The van der Waals surface area contributed by atoms with Crippen molar-refractivity contribution in [2.75, 3.05) is 22.9 Å². The zero-order valence-electron chi connectivity index (χ0n) is 70.1. The lowest BCUT2D eigenvalue weighted by Crippen LogP contribution is -2.31. The molecule has 3 aliphatic carbocycles. The number of aromatic nitrogens is 24. The smallest absolute Gasteiger partial charge is 0.278 e. The highest BCUT2D eigenvalue weighted by Crippen LogP contribution is 2.54. The molecule has 11 N–H and O–H groups in total. The van der Waals surface area contributed by atoms with Gasteiger partial charge >= 0.3 is 0 Å². The van der Waals surface area contributed by atoms with E-state index in [1.165, 1.54) is 0 Å². The fourth-order valence-corrected chi connectivity index (χ4v) is 15.3. The molecule has 12 aromatic heterocycles. The Hall–Kier alpha value is -14.3. The molecule has 12 heterocycles. The first-order valence-electron chi connectivity index (χ1n) is 40.6. The van der Waals surface area contributed by atoms with Crippen LogP contribution < -0.4 is 22.9 Å². The Bertz CT molecular complexity index is 6030. The molecule has 0 radical (unpaired) electrons. The van der Waals surface area contributed by atoms with Gasteiger partial charge in [-0.2, -0.15) is 40.3 Å². The largest absolute Gasteiger partial charge is 0.389 e. The number of H-pyrrole nitrogens is 1. The van der Waals surface area contributed by atoms with Crippen molar-refractivity contribution in [2.24, 2.45) is 30.7 Å². The summed E-state index contributed by atoms with van der Waals surface area (Å²) in [6.07, 6.45) is 31.1. The Morgan fingerprint density at radius 1 is 0.390 bits per heavy atom. The Morgan fingerprint density at radius 3 is 1.02 bits per heavy atom. The molecule has 628 valence electrons. The molecular weight excluding hydrogens is 1560 g/mol. The predicted molar refractivity (Wildman–Crippen MR) is 458 cm³/mol. The molecule has 3 saturated carbocycles. The number of rotatable bonds is 24. The maximum atomic E-state index is 10.0. The van der Waals surface area contributed by atoms with Crippen molar-refractivity contribution in [3.63, 3.8) is 0 Å². The normalized spacial score (nSPS) is 15.4. The number of nitrogens with zero attached hydrogens (tertiary/aromatic N) is 23. The molecule has 123 heavy (non-hydrogen) atoms. The number of nitrogen functional groups attached to an aromatic ring is 4. The molecule has 2 unspecified atom stereocenters. The summed E-state index contributed by atoms with van der Waals surface area (Å²) in [6.45, 7) is 20.6. The van der Waals surface area contributed by atoms with Crippen LogP contribution in [0.25, 0.3) is 90.6 Å². The summed E-state index contributed by atoms with van der Waals surface area (Å²) in [4.78, 5) is 51.4. The fraction of sp³-hybridized carbons (Fsp3) is 0.326. The Labute approximate surface area is 708 Å². The van der Waals surface area contributed by atoms with E-state index in [4.69, 9.17) is 56.0 Å². The lowest BCUT2D eigenvalue weighted by molar-refractivity contribution is 0.0571. The number of anilines is 4. The number of hydrogen-bond acceptors (Lipinski definition) is 30. The van der Waals surface area contributed by atoms with Gasteiger partial charge in [0.15, 0.2) is 29.0 Å². The average Bonchev–Trinajstić information content (AvgIpc) is 1.61. The average molecular weight is 1650 g/mol. The van der Waals surface area contributed by atoms with E-state index in [-0.39, 0.29) is 46.0 Å². The highest BCUT2D eigenvalue weighted by Gasteiger charge is 2.50. The standard InChI is InChI=1S/C24H27N7O2.C24H29N7O2.C21H21N7O.C20H19N7O/c1-23(2,32)14-31-13-17(12-28-31)20-29-21(30-33-20)24(3,19-8-9-19)18-6-4-15(5-7-18)16-10-26-22(25)27-11-16;1-15(2)24(5,19-8-6-16(7-9-19)17-10-26-22(25)27-11-17)21-29-20(33-30-21)18-12-28-31(13-18)14-23(3,4)32;1-21(16-7-8-16,19-25-18(29-27-19)17-9-10-28(2)26-17)15-5-3-13(4-6-15)14-11-23-20(22)24-12-14;1-20(15-6-7-15,18-25-17(28-27-18)16-8-9-24-26-16)14-4-2-12(3-5-14)13-10-22-19(21)23-11-13/h4-7,10-13,19,32H,8-9,14H2,1-3H3,(H2,25,26,27);6-13,15,32H,14H2,1-5H3,(H2,25,26,27);3-6,9-12,16H,7-8H2,1-2H3,(H2,22,23,24);2-5,8-11,15H,6-7H2,1H3,(H,24,26)(H2,21,22,23)/t2*24-;;/m01../s1. The van der Waals surface area contributed by atoms with Crippen molar-refractivity contribution in [3.8, 4) is 90.6 Å². The summed E-state index contributed by atoms with van der Waals surface area (Å²) in [5, 5.41) is 57.2. The number of aromatic amines is 1. The zero-order chi connectivity index (χ0) is 86.2. The summed E-state index contributed by atoms with van der Waals surface area (Å²) in [5.74, 6) is 7.07. The second kappa shape index (κ2) is 33.4. The highest BCUT2D eigenvalue weighted by atomic mass is 16.5. The Kier molecular flexibility index (Phi) is 22.4. The van der Waals surface area contributed by atoms with Crippen LogP contribution in [-0.4, -0.2) is 141 Å². The van der Waals surface area contributed by atoms with E-state index in [2.05, 4.69) is 217 Å². The minimum atomic E-state index is -0.871. The van der Waals surface area contributed by atoms with Crippen LogP contribution in [0.2, 0.25) is 0 Å². The Balaban J connectivity index is 0.000000122. The topological polar surface area (TPSA) is 485 Å². The van der Waals surface area contributed by atoms with Gasteiger partial charge in [-0.25, -0.2) is 39.9 Å². The third-order valence-corrected chi connectivity index (χ3v) is 23.4. The van der Waals surface area contributed by atoms with Crippen molar-refractivity contribution < 1.29 is 28.3 Å². The van der Waals surface area contributed by atoms with Gasteiger partial charge < -0.3 is 51.2 Å². The van der Waals surface area contributed by atoms with Crippen LogP contribution in [0.4, 0.5) is 23.8 Å². The number of nitrogens with two attached hydrogens (primary N) is 4. The van der Waals surface area contributed by atoms with Crippen LogP contribution in [0, 0.1) is 23.7 Å². The number of aryl methyl sites for hydroxylation is 1. The van der Waals surface area contributed by atoms with Crippen molar-refractivity contribution in [1.29, 1.82) is 0 Å². The van der Waals surface area contributed by atoms with Crippen molar-refractivity contribution >= 4 is 23.8 Å². The van der Waals surface area contributed by atoms with Crippen molar-refractivity contribution in [1.82, 2.24) is 120 Å². The van der Waals surface area contributed by atoms with Gasteiger partial charge in [-0.05, 0) is 174 Å². The first-order valence-corrected chi connectivity index (χ1v) is 40.6. The van der Waals surface area contributed by atoms with Gasteiger partial charge in [-0.15, -0.1) is 0 Å². The van der Waals surface area contributed by atoms with Crippen molar-refractivity contribution in [3.05, 3.63) is 242 Å². The van der Waals surface area contributed by atoms with Gasteiger partial charge in [0.05, 0.1) is 69.5 Å². The minimum absolute atomic E-state index is 0.201. The molecule has 4 aromatic carbocycles. The third kappa shape index (κ3) is 18.0. The van der Waals surface area contributed by atoms with Crippen LogP contribution >= 0.6 is 0 Å². The molecule has 0 amide bonds. The first kappa shape index (κ1) is 82.4. The zero-order valence-corrected chi connectivity index (χ0v) is 70.1.